The monoisotopic (exact) mass is 479 g/mol. The number of carbonyl (C=O) groups is 5. The molecule has 11 heteroatoms. The zero-order valence-electron chi connectivity index (χ0n) is 20.0. The molecule has 0 fully saturated rings. The Labute approximate surface area is 198 Å². The molecule has 0 heterocycles. The molecule has 4 N–H and O–H groups in total. The van der Waals surface area contributed by atoms with Gasteiger partial charge < -0.3 is 30.6 Å². The Bertz CT molecular complexity index is 843. The number of rotatable bonds is 12. The van der Waals surface area contributed by atoms with Crippen LogP contribution in [0.15, 0.2) is 30.3 Å². The van der Waals surface area contributed by atoms with Crippen molar-refractivity contribution in [3.8, 4) is 0 Å². The molecule has 1 aromatic carbocycles. The summed E-state index contributed by atoms with van der Waals surface area (Å²) in [6.45, 7) is 5.07. The average Bonchev–Trinajstić information content (AvgIpc) is 2.80. The van der Waals surface area contributed by atoms with Crippen LogP contribution in [-0.4, -0.2) is 56.1 Å². The highest BCUT2D eigenvalue weighted by Gasteiger charge is 2.42. The van der Waals surface area contributed by atoms with Crippen LogP contribution in [0.1, 0.15) is 32.8 Å². The highest BCUT2D eigenvalue weighted by atomic mass is 16.6. The molecular weight excluding hydrogens is 446 g/mol. The van der Waals surface area contributed by atoms with E-state index >= 15 is 0 Å². The third-order valence-corrected chi connectivity index (χ3v) is 5.09. The second-order valence-electron chi connectivity index (χ2n) is 8.16. The zero-order chi connectivity index (χ0) is 25.8. The third-order valence-electron chi connectivity index (χ3n) is 5.09. The molecule has 34 heavy (non-hydrogen) atoms. The summed E-state index contributed by atoms with van der Waals surface area (Å²) in [5, 5.41) is 4.93. The van der Waals surface area contributed by atoms with Crippen LogP contribution in [0.3, 0.4) is 0 Å². The summed E-state index contributed by atoms with van der Waals surface area (Å²) < 4.78 is 14.4. The number of benzene rings is 1. The van der Waals surface area contributed by atoms with Crippen LogP contribution in [0.2, 0.25) is 0 Å². The number of carbonyl (C=O) groups excluding carboxylic acids is 5. The summed E-state index contributed by atoms with van der Waals surface area (Å²) in [5.74, 6) is -6.19. The number of nitrogens with one attached hydrogen (secondary N) is 2. The molecule has 11 nitrogen and oxygen atoms in total. The van der Waals surface area contributed by atoms with Gasteiger partial charge in [-0.15, -0.1) is 0 Å². The molecule has 0 aliphatic heterocycles. The van der Waals surface area contributed by atoms with E-state index in [1.54, 1.807) is 24.3 Å². The van der Waals surface area contributed by atoms with Crippen LogP contribution in [0.5, 0.6) is 0 Å². The standard InChI is InChI=1S/C23H33N3O8/c1-13(2)11-16(25-23(31)34-12-15-9-7-6-8-10-15)20(28)26-18(19(24)27)14(3)17(21(29)32-4)22(30)33-5/h6-10,13-14,16-18H,11-12H2,1-5H3,(H2,24,27)(H,25,31)(H,26,28)/t14-,16+,18+/m1/s1. The number of methoxy groups -OCH3 is 2. The van der Waals surface area contributed by atoms with Gasteiger partial charge in [0.15, 0.2) is 5.92 Å². The lowest BCUT2D eigenvalue weighted by Gasteiger charge is -2.28. The van der Waals surface area contributed by atoms with Gasteiger partial charge in [0.25, 0.3) is 0 Å². The molecule has 1 rings (SSSR count). The number of hydrogen-bond acceptors (Lipinski definition) is 8. The van der Waals surface area contributed by atoms with Gasteiger partial charge in [0.1, 0.15) is 18.7 Å². The Morgan fingerprint density at radius 1 is 0.912 bits per heavy atom. The number of ether oxygens (including phenoxy) is 3. The first-order valence-electron chi connectivity index (χ1n) is 10.7. The molecule has 0 unspecified atom stereocenters. The van der Waals surface area contributed by atoms with Crippen molar-refractivity contribution in [3.05, 3.63) is 35.9 Å². The quantitative estimate of drug-likeness (QED) is 0.226. The van der Waals surface area contributed by atoms with Crippen molar-refractivity contribution < 1.29 is 38.2 Å². The summed E-state index contributed by atoms with van der Waals surface area (Å²) in [6.07, 6.45) is -0.598. The molecule has 0 aliphatic rings. The minimum absolute atomic E-state index is 0.00355. The van der Waals surface area contributed by atoms with E-state index in [2.05, 4.69) is 20.1 Å². The maximum atomic E-state index is 13.0. The van der Waals surface area contributed by atoms with Gasteiger partial charge in [-0.05, 0) is 17.9 Å². The first kappa shape index (κ1) is 28.4. The van der Waals surface area contributed by atoms with Crippen molar-refractivity contribution >= 4 is 29.8 Å². The smallest absolute Gasteiger partial charge is 0.408 e. The van der Waals surface area contributed by atoms with E-state index < -0.39 is 53.8 Å². The molecule has 1 aromatic rings. The van der Waals surface area contributed by atoms with Crippen LogP contribution >= 0.6 is 0 Å². The topological polar surface area (TPSA) is 163 Å². The van der Waals surface area contributed by atoms with Crippen molar-refractivity contribution in [2.24, 2.45) is 23.5 Å². The molecule has 3 atom stereocenters. The van der Waals surface area contributed by atoms with E-state index in [4.69, 9.17) is 10.5 Å². The molecule has 0 radical (unpaired) electrons. The SMILES string of the molecule is COC(=O)C(C(=O)OC)[C@@H](C)[C@H](NC(=O)[C@H](CC(C)C)NC(=O)OCc1ccccc1)C(N)=O. The molecule has 0 aromatic heterocycles. The van der Waals surface area contributed by atoms with E-state index in [-0.39, 0.29) is 18.9 Å². The maximum absolute atomic E-state index is 13.0. The molecule has 3 amide bonds. The number of alkyl carbamates (subject to hydrolysis) is 1. The normalized spacial score (nSPS) is 13.4. The zero-order valence-corrected chi connectivity index (χ0v) is 20.0. The van der Waals surface area contributed by atoms with Crippen LogP contribution in [0, 0.1) is 17.8 Å². The van der Waals surface area contributed by atoms with Crippen molar-refractivity contribution in [2.75, 3.05) is 14.2 Å². The van der Waals surface area contributed by atoms with Crippen molar-refractivity contribution in [2.45, 2.75) is 45.9 Å². The van der Waals surface area contributed by atoms with Gasteiger partial charge in [-0.1, -0.05) is 51.1 Å². The Morgan fingerprint density at radius 3 is 1.94 bits per heavy atom. The highest BCUT2D eigenvalue weighted by molar-refractivity contribution is 5.97. The Hall–Kier alpha value is -3.63. The lowest BCUT2D eigenvalue weighted by molar-refractivity contribution is -0.162. The van der Waals surface area contributed by atoms with E-state index in [0.29, 0.717) is 0 Å². The summed E-state index contributed by atoms with van der Waals surface area (Å²) in [4.78, 5) is 61.6. The van der Waals surface area contributed by atoms with Crippen LogP contribution in [0.4, 0.5) is 4.79 Å². The first-order chi connectivity index (χ1) is 16.0. The Morgan fingerprint density at radius 2 is 1.47 bits per heavy atom. The first-order valence-corrected chi connectivity index (χ1v) is 10.7. The fourth-order valence-electron chi connectivity index (χ4n) is 3.30. The number of primary amides is 1. The van der Waals surface area contributed by atoms with Gasteiger partial charge in [-0.25, -0.2) is 4.79 Å². The molecular formula is C23H33N3O8. The van der Waals surface area contributed by atoms with Gasteiger partial charge in [0.05, 0.1) is 14.2 Å². The third kappa shape index (κ3) is 8.72. The largest absolute Gasteiger partial charge is 0.468 e. The lowest BCUT2D eigenvalue weighted by atomic mass is 9.86. The van der Waals surface area contributed by atoms with Gasteiger partial charge in [0.2, 0.25) is 11.8 Å². The van der Waals surface area contributed by atoms with Gasteiger partial charge >= 0.3 is 18.0 Å². The minimum Gasteiger partial charge on any atom is -0.468 e. The van der Waals surface area contributed by atoms with Crippen molar-refractivity contribution in [1.29, 1.82) is 0 Å². The van der Waals surface area contributed by atoms with Gasteiger partial charge in [0, 0.05) is 5.92 Å². The van der Waals surface area contributed by atoms with E-state index in [9.17, 15) is 24.0 Å². The second-order valence-corrected chi connectivity index (χ2v) is 8.16. The average molecular weight is 480 g/mol. The summed E-state index contributed by atoms with van der Waals surface area (Å²) in [6, 6.07) is 6.50. The highest BCUT2D eigenvalue weighted by Crippen LogP contribution is 2.20. The molecule has 0 aliphatic carbocycles. The van der Waals surface area contributed by atoms with E-state index in [1.165, 1.54) is 6.92 Å². The number of hydrogen-bond donors (Lipinski definition) is 3. The Balaban J connectivity index is 2.97. The second kappa shape index (κ2) is 13.8. The minimum atomic E-state index is -1.50. The fraction of sp³-hybridized carbons (Fsp3) is 0.522. The summed E-state index contributed by atoms with van der Waals surface area (Å²) in [5.41, 5.74) is 6.22. The lowest BCUT2D eigenvalue weighted by Crippen LogP contribution is -2.57. The summed E-state index contributed by atoms with van der Waals surface area (Å²) in [7, 11) is 2.15. The molecule has 0 saturated heterocycles. The fourth-order valence-corrected chi connectivity index (χ4v) is 3.30. The van der Waals surface area contributed by atoms with E-state index in [0.717, 1.165) is 19.8 Å². The van der Waals surface area contributed by atoms with Crippen LogP contribution < -0.4 is 16.4 Å². The van der Waals surface area contributed by atoms with Crippen molar-refractivity contribution in [1.82, 2.24) is 10.6 Å². The number of esters is 2. The van der Waals surface area contributed by atoms with E-state index in [1.807, 2.05) is 19.9 Å². The predicted molar refractivity (Wildman–Crippen MR) is 121 cm³/mol. The number of nitrogens with two attached hydrogens (primary N) is 1. The molecule has 0 spiro atoms. The molecule has 0 saturated carbocycles. The number of amides is 3. The summed E-state index contributed by atoms with van der Waals surface area (Å²) >= 11 is 0. The molecule has 0 bridgehead atoms. The predicted octanol–water partition coefficient (Wildman–Crippen LogP) is 0.896. The van der Waals surface area contributed by atoms with Crippen LogP contribution in [-0.2, 0) is 40.0 Å². The van der Waals surface area contributed by atoms with Crippen molar-refractivity contribution in [3.63, 3.8) is 0 Å². The maximum Gasteiger partial charge on any atom is 0.408 e. The Kier molecular flexibility index (Phi) is 11.5. The van der Waals surface area contributed by atoms with Gasteiger partial charge in [-0.2, -0.15) is 0 Å². The molecule has 188 valence electrons. The van der Waals surface area contributed by atoms with Gasteiger partial charge in [-0.3, -0.25) is 19.2 Å². The van der Waals surface area contributed by atoms with Crippen LogP contribution in [0.25, 0.3) is 0 Å².